The Morgan fingerprint density at radius 1 is 0.875 bits per heavy atom. The monoisotopic (exact) mass is 425 g/mol. The van der Waals surface area contributed by atoms with E-state index in [2.05, 4.69) is 24.3 Å². The SMILES string of the molecule is O=C(O)C1c2ccccc2C2(CC2)CN1C(=O)OCC1c2ccccc2-c2ccccc21. The van der Waals surface area contributed by atoms with Crippen LogP contribution in [0, 0.1) is 0 Å². The number of rotatable bonds is 3. The van der Waals surface area contributed by atoms with Gasteiger partial charge in [0.2, 0.25) is 0 Å². The fourth-order valence-electron chi connectivity index (χ4n) is 5.58. The Morgan fingerprint density at radius 3 is 2.03 bits per heavy atom. The van der Waals surface area contributed by atoms with Crippen LogP contribution >= 0.6 is 0 Å². The van der Waals surface area contributed by atoms with Crippen molar-refractivity contribution < 1.29 is 19.4 Å². The van der Waals surface area contributed by atoms with Crippen LogP contribution in [0.1, 0.15) is 47.1 Å². The second kappa shape index (κ2) is 6.95. The van der Waals surface area contributed by atoms with Crippen molar-refractivity contribution in [1.82, 2.24) is 4.90 Å². The highest BCUT2D eigenvalue weighted by Crippen LogP contribution is 2.55. The lowest BCUT2D eigenvalue weighted by Gasteiger charge is -2.39. The third-order valence-electron chi connectivity index (χ3n) is 7.27. The van der Waals surface area contributed by atoms with E-state index >= 15 is 0 Å². The third-order valence-corrected chi connectivity index (χ3v) is 7.27. The smallest absolute Gasteiger partial charge is 0.410 e. The van der Waals surface area contributed by atoms with E-state index in [9.17, 15) is 14.7 Å². The van der Waals surface area contributed by atoms with E-state index in [-0.39, 0.29) is 17.9 Å². The molecule has 3 aromatic carbocycles. The summed E-state index contributed by atoms with van der Waals surface area (Å²) < 4.78 is 5.82. The van der Waals surface area contributed by atoms with Gasteiger partial charge in [-0.05, 0) is 46.2 Å². The largest absolute Gasteiger partial charge is 0.479 e. The quantitative estimate of drug-likeness (QED) is 0.633. The molecule has 160 valence electrons. The minimum absolute atomic E-state index is 0.0541. The number of benzene rings is 3. The summed E-state index contributed by atoms with van der Waals surface area (Å²) in [6.45, 7) is 0.571. The minimum atomic E-state index is -1.03. The molecule has 1 atom stereocenters. The maximum atomic E-state index is 13.3. The van der Waals surface area contributed by atoms with Crippen molar-refractivity contribution in [3.8, 4) is 11.1 Å². The van der Waals surface area contributed by atoms with Crippen LogP contribution in [0.2, 0.25) is 0 Å². The van der Waals surface area contributed by atoms with Gasteiger partial charge in [0, 0.05) is 17.9 Å². The van der Waals surface area contributed by atoms with E-state index in [1.807, 2.05) is 48.5 Å². The van der Waals surface area contributed by atoms with Crippen LogP contribution in [-0.4, -0.2) is 35.2 Å². The van der Waals surface area contributed by atoms with Crippen molar-refractivity contribution in [2.45, 2.75) is 30.2 Å². The summed E-state index contributed by atoms with van der Waals surface area (Å²) in [5.41, 5.74) is 6.24. The van der Waals surface area contributed by atoms with Gasteiger partial charge in [0.25, 0.3) is 0 Å². The van der Waals surface area contributed by atoms with Gasteiger partial charge in [0.05, 0.1) is 0 Å². The number of hydrogen-bond donors (Lipinski definition) is 1. The summed E-state index contributed by atoms with van der Waals surface area (Å²) in [5, 5.41) is 9.99. The van der Waals surface area contributed by atoms with Crippen LogP contribution in [-0.2, 0) is 14.9 Å². The Kier molecular flexibility index (Phi) is 4.15. The van der Waals surface area contributed by atoms with Gasteiger partial charge in [-0.1, -0.05) is 72.8 Å². The lowest BCUT2D eigenvalue weighted by Crippen LogP contribution is -2.48. The molecule has 0 saturated heterocycles. The fourth-order valence-corrected chi connectivity index (χ4v) is 5.58. The highest BCUT2D eigenvalue weighted by molar-refractivity contribution is 5.84. The number of carbonyl (C=O) groups is 2. The minimum Gasteiger partial charge on any atom is -0.479 e. The number of carboxylic acid groups (broad SMARTS) is 1. The molecular formula is C27H23NO4. The van der Waals surface area contributed by atoms with E-state index in [1.165, 1.54) is 4.90 Å². The van der Waals surface area contributed by atoms with Crippen molar-refractivity contribution in [2.24, 2.45) is 0 Å². The topological polar surface area (TPSA) is 66.8 Å². The summed E-state index contributed by atoms with van der Waals surface area (Å²) >= 11 is 0. The zero-order valence-corrected chi connectivity index (χ0v) is 17.5. The second-order valence-corrected chi connectivity index (χ2v) is 9.04. The first-order valence-electron chi connectivity index (χ1n) is 11.0. The van der Waals surface area contributed by atoms with Crippen LogP contribution in [0.4, 0.5) is 4.79 Å². The fraction of sp³-hybridized carbons (Fsp3) is 0.259. The average Bonchev–Trinajstić information content (AvgIpc) is 3.51. The molecule has 1 amide bonds. The molecule has 1 spiro atoms. The molecule has 2 aliphatic carbocycles. The molecule has 1 heterocycles. The van der Waals surface area contributed by atoms with Gasteiger partial charge in [0.1, 0.15) is 6.61 Å². The van der Waals surface area contributed by atoms with Gasteiger partial charge >= 0.3 is 12.1 Å². The van der Waals surface area contributed by atoms with Crippen molar-refractivity contribution in [3.05, 3.63) is 95.1 Å². The summed E-state index contributed by atoms with van der Waals surface area (Å²) in [6, 6.07) is 23.0. The molecule has 0 radical (unpaired) electrons. The van der Waals surface area contributed by atoms with Crippen LogP contribution in [0.15, 0.2) is 72.8 Å². The Hall–Kier alpha value is -3.60. The van der Waals surface area contributed by atoms with E-state index in [0.29, 0.717) is 12.1 Å². The maximum absolute atomic E-state index is 13.3. The number of fused-ring (bicyclic) bond motifs is 5. The molecular weight excluding hydrogens is 402 g/mol. The molecule has 32 heavy (non-hydrogen) atoms. The molecule has 5 heteroatoms. The Bertz CT molecular complexity index is 1200. The lowest BCUT2D eigenvalue weighted by molar-refractivity contribution is -0.143. The number of nitrogens with zero attached hydrogens (tertiary/aromatic N) is 1. The van der Waals surface area contributed by atoms with Gasteiger partial charge < -0.3 is 9.84 Å². The van der Waals surface area contributed by atoms with Crippen LogP contribution in [0.25, 0.3) is 11.1 Å². The molecule has 1 saturated carbocycles. The second-order valence-electron chi connectivity index (χ2n) is 9.04. The first-order valence-corrected chi connectivity index (χ1v) is 11.0. The molecule has 0 bridgehead atoms. The summed E-state index contributed by atoms with van der Waals surface area (Å²) in [4.78, 5) is 26.9. The first kappa shape index (κ1) is 19.1. The Morgan fingerprint density at radius 2 is 1.44 bits per heavy atom. The predicted octanol–water partition coefficient (Wildman–Crippen LogP) is 5.11. The van der Waals surface area contributed by atoms with Gasteiger partial charge in [-0.25, -0.2) is 9.59 Å². The average molecular weight is 425 g/mol. The van der Waals surface area contributed by atoms with Gasteiger partial charge in [-0.3, -0.25) is 4.90 Å². The van der Waals surface area contributed by atoms with E-state index in [0.717, 1.165) is 40.7 Å². The van der Waals surface area contributed by atoms with Crippen molar-refractivity contribution in [1.29, 1.82) is 0 Å². The van der Waals surface area contributed by atoms with Crippen molar-refractivity contribution in [3.63, 3.8) is 0 Å². The number of carboxylic acids is 1. The molecule has 3 aromatic rings. The normalized spacial score (nSPS) is 19.8. The standard InChI is InChI=1S/C27H23NO4/c29-25(30)24-21-11-5-6-12-23(21)27(13-14-27)16-28(24)26(31)32-15-22-19-9-3-1-7-17(19)18-8-2-4-10-20(18)22/h1-12,22,24H,13-16H2,(H,29,30). The lowest BCUT2D eigenvalue weighted by atomic mass is 9.83. The molecule has 1 unspecified atom stereocenters. The van der Waals surface area contributed by atoms with Crippen LogP contribution in [0.5, 0.6) is 0 Å². The first-order chi connectivity index (χ1) is 15.6. The van der Waals surface area contributed by atoms with Crippen LogP contribution < -0.4 is 0 Å². The summed E-state index contributed by atoms with van der Waals surface area (Å²) in [7, 11) is 0. The van der Waals surface area contributed by atoms with E-state index in [4.69, 9.17) is 4.74 Å². The molecule has 3 aliphatic rings. The van der Waals surface area contributed by atoms with Crippen molar-refractivity contribution >= 4 is 12.1 Å². The Labute approximate surface area is 186 Å². The highest BCUT2D eigenvalue weighted by atomic mass is 16.6. The zero-order valence-electron chi connectivity index (χ0n) is 17.5. The number of ether oxygens (including phenoxy) is 1. The van der Waals surface area contributed by atoms with E-state index in [1.54, 1.807) is 0 Å². The van der Waals surface area contributed by atoms with Crippen LogP contribution in [0.3, 0.4) is 0 Å². The van der Waals surface area contributed by atoms with Gasteiger partial charge in [-0.15, -0.1) is 0 Å². The highest BCUT2D eigenvalue weighted by Gasteiger charge is 2.54. The predicted molar refractivity (Wildman–Crippen MR) is 120 cm³/mol. The van der Waals surface area contributed by atoms with Gasteiger partial charge in [-0.2, -0.15) is 0 Å². The summed E-state index contributed by atoms with van der Waals surface area (Å²) in [5.74, 6) is -1.08. The zero-order chi connectivity index (χ0) is 21.9. The number of amides is 1. The molecule has 1 aliphatic heterocycles. The molecule has 1 N–H and O–H groups in total. The van der Waals surface area contributed by atoms with E-state index < -0.39 is 18.1 Å². The number of aliphatic carboxylic acids is 1. The maximum Gasteiger partial charge on any atom is 0.410 e. The van der Waals surface area contributed by atoms with Gasteiger partial charge in [0.15, 0.2) is 6.04 Å². The number of hydrogen-bond acceptors (Lipinski definition) is 3. The van der Waals surface area contributed by atoms with Crippen molar-refractivity contribution in [2.75, 3.05) is 13.2 Å². The number of carbonyl (C=O) groups excluding carboxylic acids is 1. The molecule has 0 aromatic heterocycles. The third kappa shape index (κ3) is 2.77. The Balaban J connectivity index is 1.29. The summed E-state index contributed by atoms with van der Waals surface area (Å²) in [6.07, 6.45) is 1.37. The molecule has 1 fully saturated rings. The molecule has 5 nitrogen and oxygen atoms in total. The molecule has 6 rings (SSSR count).